The summed E-state index contributed by atoms with van der Waals surface area (Å²) in [6.07, 6.45) is 1.12. The minimum absolute atomic E-state index is 0.0844. The van der Waals surface area contributed by atoms with Crippen LogP contribution in [0.1, 0.15) is 42.6 Å². The van der Waals surface area contributed by atoms with Crippen LogP contribution in [0.3, 0.4) is 0 Å². The maximum Gasteiger partial charge on any atom is 0.253 e. The molecule has 0 spiro atoms. The molecule has 126 valence electrons. The van der Waals surface area contributed by atoms with Crippen LogP contribution in [0, 0.1) is 0 Å². The van der Waals surface area contributed by atoms with E-state index in [-0.39, 0.29) is 17.2 Å². The highest BCUT2D eigenvalue weighted by Crippen LogP contribution is 2.28. The Morgan fingerprint density at radius 2 is 1.58 bits per heavy atom. The Balaban J connectivity index is 2.01. The van der Waals surface area contributed by atoms with Crippen LogP contribution in [0.15, 0.2) is 54.6 Å². The van der Waals surface area contributed by atoms with E-state index in [1.165, 1.54) is 5.56 Å². The number of hydrogen-bond acceptors (Lipinski definition) is 2. The van der Waals surface area contributed by atoms with Gasteiger partial charge in [0.15, 0.2) is 0 Å². The van der Waals surface area contributed by atoms with Gasteiger partial charge in [0, 0.05) is 13.5 Å². The molecule has 0 aliphatic heterocycles. The number of anilines is 1. The lowest BCUT2D eigenvalue weighted by Crippen LogP contribution is -2.23. The molecule has 4 heteroatoms. The Morgan fingerprint density at radius 3 is 2.25 bits per heavy atom. The zero-order valence-electron chi connectivity index (χ0n) is 14.4. The van der Waals surface area contributed by atoms with Crippen LogP contribution in [0.4, 0.5) is 5.69 Å². The summed E-state index contributed by atoms with van der Waals surface area (Å²) in [4.78, 5) is 24.2. The van der Waals surface area contributed by atoms with Crippen LogP contribution in [0.2, 0.25) is 0 Å². The number of carbonyl (C=O) groups excluding carboxylic acids is 2. The minimum atomic E-state index is -0.212. The molecule has 2 aromatic rings. The quantitative estimate of drug-likeness (QED) is 0.850. The second-order valence-corrected chi connectivity index (χ2v) is 6.42. The van der Waals surface area contributed by atoms with E-state index in [2.05, 4.69) is 36.6 Å². The Hall–Kier alpha value is -2.62. The van der Waals surface area contributed by atoms with E-state index in [1.807, 2.05) is 18.2 Å². The fraction of sp³-hybridized carbons (Fsp3) is 0.300. The first-order chi connectivity index (χ1) is 11.4. The molecular weight excluding hydrogens is 300 g/mol. The van der Waals surface area contributed by atoms with Crippen molar-refractivity contribution >= 4 is 17.5 Å². The van der Waals surface area contributed by atoms with Crippen molar-refractivity contribution in [2.75, 3.05) is 12.4 Å². The summed E-state index contributed by atoms with van der Waals surface area (Å²) in [5, 5.41) is 5.43. The Bertz CT molecular complexity index is 709. The number of rotatable bonds is 6. The molecule has 2 amide bonds. The second-order valence-electron chi connectivity index (χ2n) is 6.42. The molecule has 4 nitrogen and oxygen atoms in total. The summed E-state index contributed by atoms with van der Waals surface area (Å²) in [6.45, 7) is 4.27. The highest BCUT2D eigenvalue weighted by Gasteiger charge is 2.21. The fourth-order valence-corrected chi connectivity index (χ4v) is 2.60. The van der Waals surface area contributed by atoms with Gasteiger partial charge in [0.2, 0.25) is 5.91 Å². The van der Waals surface area contributed by atoms with Crippen molar-refractivity contribution < 1.29 is 9.59 Å². The van der Waals surface area contributed by atoms with Gasteiger partial charge in [0.05, 0.1) is 11.3 Å². The van der Waals surface area contributed by atoms with Crippen LogP contribution in [-0.4, -0.2) is 18.9 Å². The first-order valence-electron chi connectivity index (χ1n) is 8.10. The van der Waals surface area contributed by atoms with Crippen LogP contribution < -0.4 is 10.6 Å². The topological polar surface area (TPSA) is 58.2 Å². The summed E-state index contributed by atoms with van der Waals surface area (Å²) in [5.74, 6) is -0.300. The molecule has 0 aromatic heterocycles. The number of nitrogens with one attached hydrogen (secondary N) is 2. The smallest absolute Gasteiger partial charge is 0.253 e. The molecule has 0 saturated carbocycles. The normalized spacial score (nSPS) is 11.0. The number of carbonyl (C=O) groups is 2. The van der Waals surface area contributed by atoms with Gasteiger partial charge in [-0.15, -0.1) is 0 Å². The summed E-state index contributed by atoms with van der Waals surface area (Å²) >= 11 is 0. The second kappa shape index (κ2) is 7.77. The standard InChI is InChI=1S/C20H24N2O2/c1-20(2,15-9-5-4-6-10-15)14-13-18(23)22-17-12-8-7-11-16(17)19(24)21-3/h4-12H,13-14H2,1-3H3,(H,21,24)(H,22,23). The molecular formula is C20H24N2O2. The minimum Gasteiger partial charge on any atom is -0.355 e. The molecule has 0 aliphatic rings. The van der Waals surface area contributed by atoms with E-state index < -0.39 is 0 Å². The molecule has 0 bridgehead atoms. The van der Waals surface area contributed by atoms with Crippen LogP contribution in [0.5, 0.6) is 0 Å². The van der Waals surface area contributed by atoms with E-state index in [0.717, 1.165) is 6.42 Å². The zero-order chi connectivity index (χ0) is 17.6. The average molecular weight is 324 g/mol. The molecule has 0 aliphatic carbocycles. The van der Waals surface area contributed by atoms with Gasteiger partial charge in [0.25, 0.3) is 5.91 Å². The maximum absolute atomic E-state index is 12.3. The lowest BCUT2D eigenvalue weighted by molar-refractivity contribution is -0.116. The van der Waals surface area contributed by atoms with Crippen LogP contribution >= 0.6 is 0 Å². The molecule has 0 atom stereocenters. The molecule has 0 saturated heterocycles. The summed E-state index contributed by atoms with van der Waals surface area (Å²) < 4.78 is 0. The fourth-order valence-electron chi connectivity index (χ4n) is 2.60. The van der Waals surface area contributed by atoms with E-state index in [1.54, 1.807) is 31.3 Å². The summed E-state index contributed by atoms with van der Waals surface area (Å²) in [7, 11) is 1.57. The number of benzene rings is 2. The van der Waals surface area contributed by atoms with E-state index in [4.69, 9.17) is 0 Å². The third kappa shape index (κ3) is 4.44. The molecule has 0 radical (unpaired) electrons. The molecule has 2 aromatic carbocycles. The van der Waals surface area contributed by atoms with Crippen LogP contribution in [-0.2, 0) is 10.2 Å². The molecule has 0 fully saturated rings. The van der Waals surface area contributed by atoms with Gasteiger partial charge in [0.1, 0.15) is 0 Å². The van der Waals surface area contributed by atoms with Gasteiger partial charge in [-0.2, -0.15) is 0 Å². The van der Waals surface area contributed by atoms with Crippen molar-refractivity contribution in [1.82, 2.24) is 5.32 Å². The molecule has 2 rings (SSSR count). The zero-order valence-corrected chi connectivity index (χ0v) is 14.4. The summed E-state index contributed by atoms with van der Waals surface area (Å²) in [6, 6.07) is 17.2. The third-order valence-electron chi connectivity index (χ3n) is 4.21. The Kier molecular flexibility index (Phi) is 5.74. The SMILES string of the molecule is CNC(=O)c1ccccc1NC(=O)CCC(C)(C)c1ccccc1. The maximum atomic E-state index is 12.3. The van der Waals surface area contributed by atoms with E-state index >= 15 is 0 Å². The van der Waals surface area contributed by atoms with Gasteiger partial charge in [-0.25, -0.2) is 0 Å². The molecule has 0 heterocycles. The number of para-hydroxylation sites is 1. The number of hydrogen-bond donors (Lipinski definition) is 2. The molecule has 24 heavy (non-hydrogen) atoms. The lowest BCUT2D eigenvalue weighted by Gasteiger charge is -2.25. The van der Waals surface area contributed by atoms with Gasteiger partial charge in [-0.1, -0.05) is 56.3 Å². The Labute approximate surface area is 143 Å². The lowest BCUT2D eigenvalue weighted by atomic mass is 9.80. The predicted molar refractivity (Wildman–Crippen MR) is 97.2 cm³/mol. The summed E-state index contributed by atoms with van der Waals surface area (Å²) in [5.41, 5.74) is 2.14. The predicted octanol–water partition coefficient (Wildman–Crippen LogP) is 3.74. The first kappa shape index (κ1) is 17.7. The van der Waals surface area contributed by atoms with Crippen molar-refractivity contribution in [2.45, 2.75) is 32.1 Å². The van der Waals surface area contributed by atoms with Crippen molar-refractivity contribution in [3.8, 4) is 0 Å². The van der Waals surface area contributed by atoms with Gasteiger partial charge < -0.3 is 10.6 Å². The molecule has 2 N–H and O–H groups in total. The van der Waals surface area contributed by atoms with Crippen molar-refractivity contribution in [3.05, 3.63) is 65.7 Å². The Morgan fingerprint density at radius 1 is 0.958 bits per heavy atom. The largest absolute Gasteiger partial charge is 0.355 e. The number of amides is 2. The van der Waals surface area contributed by atoms with Gasteiger partial charge >= 0.3 is 0 Å². The van der Waals surface area contributed by atoms with E-state index in [0.29, 0.717) is 17.7 Å². The first-order valence-corrected chi connectivity index (χ1v) is 8.10. The van der Waals surface area contributed by atoms with Gasteiger partial charge in [-0.05, 0) is 29.5 Å². The van der Waals surface area contributed by atoms with Crippen molar-refractivity contribution in [1.29, 1.82) is 0 Å². The van der Waals surface area contributed by atoms with Crippen molar-refractivity contribution in [2.24, 2.45) is 0 Å². The van der Waals surface area contributed by atoms with Crippen molar-refractivity contribution in [3.63, 3.8) is 0 Å². The third-order valence-corrected chi connectivity index (χ3v) is 4.21. The average Bonchev–Trinajstić information content (AvgIpc) is 2.60. The van der Waals surface area contributed by atoms with Crippen LogP contribution in [0.25, 0.3) is 0 Å². The highest BCUT2D eigenvalue weighted by atomic mass is 16.2. The van der Waals surface area contributed by atoms with Gasteiger partial charge in [-0.3, -0.25) is 9.59 Å². The highest BCUT2D eigenvalue weighted by molar-refractivity contribution is 6.03. The molecule has 0 unspecified atom stereocenters. The van der Waals surface area contributed by atoms with E-state index in [9.17, 15) is 9.59 Å². The monoisotopic (exact) mass is 324 g/mol.